The molecule has 0 radical (unpaired) electrons. The number of nitrogens with zero attached hydrogens (tertiary/aromatic N) is 2. The minimum atomic E-state index is -0.378. The van der Waals surface area contributed by atoms with Crippen molar-refractivity contribution in [2.24, 2.45) is 0 Å². The van der Waals surface area contributed by atoms with Crippen molar-refractivity contribution in [1.29, 1.82) is 0 Å². The molecule has 2 rings (SSSR count). The molecule has 2 aromatic rings. The summed E-state index contributed by atoms with van der Waals surface area (Å²) in [6.45, 7) is 2.95. The molecule has 0 aliphatic rings. The van der Waals surface area contributed by atoms with E-state index in [1.165, 1.54) is 0 Å². The number of pyridine rings is 1. The van der Waals surface area contributed by atoms with E-state index in [1.54, 1.807) is 19.2 Å². The number of H-pyrrole nitrogens is 1. The maximum absolute atomic E-state index is 11.6. The monoisotopic (exact) mass is 247 g/mol. The van der Waals surface area contributed by atoms with Gasteiger partial charge in [-0.3, -0.25) is 0 Å². The van der Waals surface area contributed by atoms with Crippen LogP contribution in [0, 0.1) is 0 Å². The summed E-state index contributed by atoms with van der Waals surface area (Å²) in [7, 11) is 4.01. The van der Waals surface area contributed by atoms with E-state index in [9.17, 15) is 4.79 Å². The van der Waals surface area contributed by atoms with Crippen molar-refractivity contribution in [2.75, 3.05) is 20.7 Å². The summed E-state index contributed by atoms with van der Waals surface area (Å²) in [4.78, 5) is 21.0. The van der Waals surface area contributed by atoms with Gasteiger partial charge in [-0.2, -0.15) is 0 Å². The van der Waals surface area contributed by atoms with Crippen LogP contribution in [0.4, 0.5) is 0 Å². The Bertz CT molecular complexity index is 560. The van der Waals surface area contributed by atoms with Gasteiger partial charge >= 0.3 is 5.97 Å². The first kappa shape index (κ1) is 12.6. The average Bonchev–Trinajstić information content (AvgIpc) is 2.71. The van der Waals surface area contributed by atoms with Crippen molar-refractivity contribution >= 4 is 16.9 Å². The van der Waals surface area contributed by atoms with Crippen molar-refractivity contribution < 1.29 is 9.53 Å². The van der Waals surface area contributed by atoms with Crippen molar-refractivity contribution in [1.82, 2.24) is 14.9 Å². The van der Waals surface area contributed by atoms with Gasteiger partial charge in [-0.1, -0.05) is 0 Å². The van der Waals surface area contributed by atoms with E-state index in [1.807, 2.05) is 20.3 Å². The Hall–Kier alpha value is -1.88. The van der Waals surface area contributed by atoms with E-state index in [2.05, 4.69) is 14.9 Å². The van der Waals surface area contributed by atoms with Crippen LogP contribution in [0.25, 0.3) is 10.9 Å². The molecule has 0 atom stereocenters. The molecule has 2 heterocycles. The second kappa shape index (κ2) is 5.18. The lowest BCUT2D eigenvalue weighted by molar-refractivity contribution is 0.0520. The predicted octanol–water partition coefficient (Wildman–Crippen LogP) is 1.80. The number of ether oxygens (including phenoxy) is 1. The first-order valence-corrected chi connectivity index (χ1v) is 5.89. The molecular weight excluding hydrogens is 230 g/mol. The van der Waals surface area contributed by atoms with Crippen LogP contribution in [0.2, 0.25) is 0 Å². The van der Waals surface area contributed by atoms with Crippen LogP contribution < -0.4 is 0 Å². The van der Waals surface area contributed by atoms with Gasteiger partial charge in [0.15, 0.2) is 0 Å². The van der Waals surface area contributed by atoms with Crippen LogP contribution in [-0.2, 0) is 11.3 Å². The fraction of sp³-hybridized carbons (Fsp3) is 0.385. The fourth-order valence-corrected chi connectivity index (χ4v) is 1.87. The summed E-state index contributed by atoms with van der Waals surface area (Å²) in [6, 6.07) is 1.78. The number of rotatable bonds is 4. The predicted molar refractivity (Wildman–Crippen MR) is 69.4 cm³/mol. The van der Waals surface area contributed by atoms with Crippen molar-refractivity contribution in [3.8, 4) is 0 Å². The highest BCUT2D eigenvalue weighted by Crippen LogP contribution is 2.19. The Morgan fingerprint density at radius 2 is 2.28 bits per heavy atom. The summed E-state index contributed by atoms with van der Waals surface area (Å²) in [5.41, 5.74) is 2.42. The molecule has 0 aromatic carbocycles. The van der Waals surface area contributed by atoms with Crippen molar-refractivity contribution in [3.63, 3.8) is 0 Å². The zero-order valence-electron chi connectivity index (χ0n) is 10.9. The summed E-state index contributed by atoms with van der Waals surface area (Å²) < 4.78 is 4.95. The van der Waals surface area contributed by atoms with E-state index in [-0.39, 0.29) is 5.97 Å². The molecule has 1 N–H and O–H groups in total. The summed E-state index contributed by atoms with van der Waals surface area (Å²) in [5, 5.41) is 1.02. The number of carbonyl (C=O) groups excluding carboxylic acids is 1. The van der Waals surface area contributed by atoms with Gasteiger partial charge in [0.25, 0.3) is 0 Å². The minimum Gasteiger partial charge on any atom is -0.461 e. The summed E-state index contributed by atoms with van der Waals surface area (Å²) in [5.74, 6) is -0.378. The van der Waals surface area contributed by atoms with Gasteiger partial charge in [-0.25, -0.2) is 9.78 Å². The van der Waals surface area contributed by atoms with Gasteiger partial charge in [0.05, 0.1) is 18.3 Å². The number of carbonyl (C=O) groups is 1. The van der Waals surface area contributed by atoms with Crippen LogP contribution in [0.1, 0.15) is 23.0 Å². The highest BCUT2D eigenvalue weighted by molar-refractivity contribution is 5.93. The Balaban J connectivity index is 2.39. The quantitative estimate of drug-likeness (QED) is 0.837. The van der Waals surface area contributed by atoms with Gasteiger partial charge in [0.1, 0.15) is 5.69 Å². The average molecular weight is 247 g/mol. The first-order chi connectivity index (χ1) is 8.61. The van der Waals surface area contributed by atoms with Gasteiger partial charge in [0.2, 0.25) is 0 Å². The lowest BCUT2D eigenvalue weighted by Crippen LogP contribution is -2.10. The molecule has 5 nitrogen and oxygen atoms in total. The second-order valence-electron chi connectivity index (χ2n) is 4.39. The molecule has 0 spiro atoms. The molecule has 0 fully saturated rings. The second-order valence-corrected chi connectivity index (χ2v) is 4.39. The van der Waals surface area contributed by atoms with Crippen LogP contribution in [-0.4, -0.2) is 41.5 Å². The molecule has 5 heteroatoms. The zero-order valence-corrected chi connectivity index (χ0v) is 10.9. The molecular formula is C13H17N3O2. The van der Waals surface area contributed by atoms with Crippen LogP contribution in [0.15, 0.2) is 18.5 Å². The third-order valence-corrected chi connectivity index (χ3v) is 2.62. The molecule has 96 valence electrons. The Kier molecular flexibility index (Phi) is 3.62. The van der Waals surface area contributed by atoms with Crippen molar-refractivity contribution in [3.05, 3.63) is 29.7 Å². The normalized spacial score (nSPS) is 11.1. The first-order valence-electron chi connectivity index (χ1n) is 5.89. The fourth-order valence-electron chi connectivity index (χ4n) is 1.87. The lowest BCUT2D eigenvalue weighted by Gasteiger charge is -2.08. The molecule has 0 saturated carbocycles. The molecule has 0 unspecified atom stereocenters. The number of nitrogens with one attached hydrogen (secondary N) is 1. The third kappa shape index (κ3) is 2.51. The Morgan fingerprint density at radius 3 is 2.94 bits per heavy atom. The maximum atomic E-state index is 11.6. The molecule has 18 heavy (non-hydrogen) atoms. The Morgan fingerprint density at radius 1 is 1.50 bits per heavy atom. The number of aromatic amines is 1. The molecule has 0 aliphatic heterocycles. The standard InChI is InChI=1S/C13H17N3O2/c1-4-18-13(17)11-5-10-9(8-16(2)3)6-14-12(10)7-15-11/h5-7,14H,4,8H2,1-3H3. The van der Waals surface area contributed by atoms with Crippen LogP contribution >= 0.6 is 0 Å². The zero-order chi connectivity index (χ0) is 13.1. The Labute approximate surface area is 106 Å². The summed E-state index contributed by atoms with van der Waals surface area (Å²) in [6.07, 6.45) is 3.61. The lowest BCUT2D eigenvalue weighted by atomic mass is 10.2. The van der Waals surface area contributed by atoms with E-state index < -0.39 is 0 Å². The van der Waals surface area contributed by atoms with E-state index in [0.29, 0.717) is 12.3 Å². The highest BCUT2D eigenvalue weighted by Gasteiger charge is 2.12. The van der Waals surface area contributed by atoms with Crippen LogP contribution in [0.3, 0.4) is 0 Å². The smallest absolute Gasteiger partial charge is 0.356 e. The van der Waals surface area contributed by atoms with Crippen molar-refractivity contribution in [2.45, 2.75) is 13.5 Å². The van der Waals surface area contributed by atoms with Crippen LogP contribution in [0.5, 0.6) is 0 Å². The largest absolute Gasteiger partial charge is 0.461 e. The SMILES string of the molecule is CCOC(=O)c1cc2c(CN(C)C)c[nH]c2cn1. The molecule has 0 saturated heterocycles. The molecule has 0 amide bonds. The highest BCUT2D eigenvalue weighted by atomic mass is 16.5. The van der Waals surface area contributed by atoms with E-state index in [0.717, 1.165) is 23.0 Å². The number of aromatic nitrogens is 2. The number of hydrogen-bond acceptors (Lipinski definition) is 4. The number of fused-ring (bicyclic) bond motifs is 1. The molecule has 0 bridgehead atoms. The van der Waals surface area contributed by atoms with Gasteiger partial charge in [-0.05, 0) is 32.6 Å². The van der Waals surface area contributed by atoms with E-state index >= 15 is 0 Å². The van der Waals surface area contributed by atoms with E-state index in [4.69, 9.17) is 4.74 Å². The maximum Gasteiger partial charge on any atom is 0.356 e. The third-order valence-electron chi connectivity index (χ3n) is 2.62. The number of esters is 1. The molecule has 2 aromatic heterocycles. The number of hydrogen-bond donors (Lipinski definition) is 1. The summed E-state index contributed by atoms with van der Waals surface area (Å²) >= 11 is 0. The topological polar surface area (TPSA) is 58.2 Å². The van der Waals surface area contributed by atoms with Gasteiger partial charge in [0, 0.05) is 18.1 Å². The molecule has 0 aliphatic carbocycles. The minimum absolute atomic E-state index is 0.351. The van der Waals surface area contributed by atoms with Gasteiger partial charge in [-0.15, -0.1) is 0 Å². The van der Waals surface area contributed by atoms with Gasteiger partial charge < -0.3 is 14.6 Å².